The van der Waals surface area contributed by atoms with Crippen molar-refractivity contribution in [3.05, 3.63) is 45.4 Å². The van der Waals surface area contributed by atoms with E-state index in [4.69, 9.17) is 27.9 Å². The first-order valence-corrected chi connectivity index (χ1v) is 7.57. The molecular weight excluding hydrogens is 313 g/mol. The molecule has 0 bridgehead atoms. The minimum absolute atomic E-state index is 0.630. The van der Waals surface area contributed by atoms with Crippen LogP contribution in [0.15, 0.2) is 30.3 Å². The minimum Gasteiger partial charge on any atom is -0.496 e. The van der Waals surface area contributed by atoms with Crippen molar-refractivity contribution in [2.75, 3.05) is 7.11 Å². The molecule has 0 atom stereocenters. The smallest absolute Gasteiger partial charge is 0.129 e. The van der Waals surface area contributed by atoms with E-state index in [1.807, 2.05) is 25.1 Å². The number of benzene rings is 2. The molecule has 0 aliphatic rings. The van der Waals surface area contributed by atoms with Crippen LogP contribution < -0.4 is 4.74 Å². The van der Waals surface area contributed by atoms with E-state index in [9.17, 15) is 0 Å². The Morgan fingerprint density at radius 1 is 1.15 bits per heavy atom. The largest absolute Gasteiger partial charge is 0.496 e. The molecule has 0 amide bonds. The highest BCUT2D eigenvalue weighted by Gasteiger charge is 2.16. The standard InChI is InChI=1S/C15H11Cl2NOS/c1-8-18-15-13(20-8)6-5-12(19-2)14(15)10-7-9(16)3-4-11(10)17/h3-7H,1-2H3. The van der Waals surface area contributed by atoms with E-state index >= 15 is 0 Å². The zero-order valence-corrected chi connectivity index (χ0v) is 13.2. The van der Waals surface area contributed by atoms with Crippen molar-refractivity contribution in [3.8, 4) is 16.9 Å². The molecule has 3 aromatic rings. The maximum absolute atomic E-state index is 6.33. The summed E-state index contributed by atoms with van der Waals surface area (Å²) in [5.74, 6) is 0.743. The van der Waals surface area contributed by atoms with E-state index in [0.29, 0.717) is 10.0 Å². The number of hydrogen-bond acceptors (Lipinski definition) is 3. The molecular formula is C15H11Cl2NOS. The molecule has 1 aromatic heterocycles. The molecule has 0 spiro atoms. The zero-order valence-electron chi connectivity index (χ0n) is 10.9. The van der Waals surface area contributed by atoms with Crippen molar-refractivity contribution in [1.82, 2.24) is 4.98 Å². The highest BCUT2D eigenvalue weighted by Crippen LogP contribution is 2.42. The Morgan fingerprint density at radius 3 is 2.70 bits per heavy atom. The van der Waals surface area contributed by atoms with Gasteiger partial charge < -0.3 is 4.74 Å². The molecule has 2 nitrogen and oxygen atoms in total. The maximum atomic E-state index is 6.33. The number of fused-ring (bicyclic) bond motifs is 1. The summed E-state index contributed by atoms with van der Waals surface area (Å²) in [6, 6.07) is 9.35. The lowest BCUT2D eigenvalue weighted by atomic mass is 10.0. The second kappa shape index (κ2) is 5.24. The Morgan fingerprint density at radius 2 is 1.95 bits per heavy atom. The lowest BCUT2D eigenvalue weighted by molar-refractivity contribution is 0.417. The van der Waals surface area contributed by atoms with E-state index < -0.39 is 0 Å². The molecule has 20 heavy (non-hydrogen) atoms. The molecule has 102 valence electrons. The van der Waals surface area contributed by atoms with E-state index in [-0.39, 0.29) is 0 Å². The number of methoxy groups -OCH3 is 1. The summed E-state index contributed by atoms with van der Waals surface area (Å²) >= 11 is 14.1. The van der Waals surface area contributed by atoms with Gasteiger partial charge >= 0.3 is 0 Å². The molecule has 0 unspecified atom stereocenters. The first-order valence-electron chi connectivity index (χ1n) is 5.99. The highest BCUT2D eigenvalue weighted by molar-refractivity contribution is 7.18. The third kappa shape index (κ3) is 2.26. The Bertz CT molecular complexity index is 798. The fourth-order valence-electron chi connectivity index (χ4n) is 2.21. The fourth-order valence-corrected chi connectivity index (χ4v) is 3.43. The summed E-state index contributed by atoms with van der Waals surface area (Å²) in [4.78, 5) is 4.61. The molecule has 3 rings (SSSR count). The molecule has 0 aliphatic heterocycles. The predicted molar refractivity (Wildman–Crippen MR) is 86.4 cm³/mol. The minimum atomic E-state index is 0.630. The van der Waals surface area contributed by atoms with Gasteiger partial charge in [-0.15, -0.1) is 11.3 Å². The molecule has 2 aromatic carbocycles. The van der Waals surface area contributed by atoms with Crippen LogP contribution in [0.2, 0.25) is 10.0 Å². The van der Waals surface area contributed by atoms with Crippen LogP contribution in [-0.2, 0) is 0 Å². The summed E-state index contributed by atoms with van der Waals surface area (Å²) in [7, 11) is 1.64. The number of ether oxygens (including phenoxy) is 1. The van der Waals surface area contributed by atoms with Gasteiger partial charge in [0.15, 0.2) is 0 Å². The molecule has 0 saturated heterocycles. The van der Waals surface area contributed by atoms with Crippen LogP contribution in [-0.4, -0.2) is 12.1 Å². The molecule has 0 fully saturated rings. The van der Waals surface area contributed by atoms with Crippen LogP contribution in [0.4, 0.5) is 0 Å². The molecule has 0 radical (unpaired) electrons. The van der Waals surface area contributed by atoms with Gasteiger partial charge in [0.1, 0.15) is 5.75 Å². The monoisotopic (exact) mass is 323 g/mol. The van der Waals surface area contributed by atoms with Crippen LogP contribution in [0.5, 0.6) is 5.75 Å². The van der Waals surface area contributed by atoms with E-state index in [1.54, 1.807) is 30.6 Å². The van der Waals surface area contributed by atoms with Gasteiger partial charge in [0.2, 0.25) is 0 Å². The lowest BCUT2D eigenvalue weighted by Gasteiger charge is -2.11. The number of aryl methyl sites for hydroxylation is 1. The van der Waals surface area contributed by atoms with Gasteiger partial charge in [-0.1, -0.05) is 23.2 Å². The van der Waals surface area contributed by atoms with E-state index in [2.05, 4.69) is 4.98 Å². The molecule has 0 saturated carbocycles. The highest BCUT2D eigenvalue weighted by atomic mass is 35.5. The van der Waals surface area contributed by atoms with Crippen LogP contribution in [0.1, 0.15) is 5.01 Å². The third-order valence-corrected chi connectivity index (χ3v) is 4.55. The van der Waals surface area contributed by atoms with Crippen LogP contribution in [0.3, 0.4) is 0 Å². The Kier molecular flexibility index (Phi) is 3.59. The number of rotatable bonds is 2. The summed E-state index contributed by atoms with van der Waals surface area (Å²) in [5.41, 5.74) is 2.63. The van der Waals surface area contributed by atoms with Crippen LogP contribution in [0, 0.1) is 6.92 Å². The summed E-state index contributed by atoms with van der Waals surface area (Å²) in [6.07, 6.45) is 0. The van der Waals surface area contributed by atoms with E-state index in [1.165, 1.54) is 0 Å². The number of nitrogens with zero attached hydrogens (tertiary/aromatic N) is 1. The lowest BCUT2D eigenvalue weighted by Crippen LogP contribution is -1.90. The molecule has 0 N–H and O–H groups in total. The zero-order chi connectivity index (χ0) is 14.3. The second-order valence-electron chi connectivity index (χ2n) is 4.35. The number of thiazole rings is 1. The van der Waals surface area contributed by atoms with Crippen molar-refractivity contribution >= 4 is 44.8 Å². The topological polar surface area (TPSA) is 22.1 Å². The normalized spacial score (nSPS) is 11.0. The van der Waals surface area contributed by atoms with Crippen LogP contribution in [0.25, 0.3) is 21.3 Å². The van der Waals surface area contributed by atoms with E-state index in [0.717, 1.165) is 32.1 Å². The Balaban J connectivity index is 2.41. The third-order valence-electron chi connectivity index (χ3n) is 3.05. The van der Waals surface area contributed by atoms with Crippen LogP contribution >= 0.6 is 34.5 Å². The Labute approximate surface area is 130 Å². The number of halogens is 2. The number of hydrogen-bond donors (Lipinski definition) is 0. The van der Waals surface area contributed by atoms with Crippen molar-refractivity contribution in [2.45, 2.75) is 6.92 Å². The Hall–Kier alpha value is -1.29. The van der Waals surface area contributed by atoms with Crippen molar-refractivity contribution in [2.24, 2.45) is 0 Å². The van der Waals surface area contributed by atoms with Gasteiger partial charge in [0.25, 0.3) is 0 Å². The van der Waals surface area contributed by atoms with Gasteiger partial charge in [-0.2, -0.15) is 0 Å². The maximum Gasteiger partial charge on any atom is 0.129 e. The van der Waals surface area contributed by atoms with Gasteiger partial charge in [-0.3, -0.25) is 0 Å². The SMILES string of the molecule is COc1ccc2sc(C)nc2c1-c1cc(Cl)ccc1Cl. The van der Waals surface area contributed by atoms with Gasteiger partial charge in [0.05, 0.1) is 27.9 Å². The summed E-state index contributed by atoms with van der Waals surface area (Å²) in [5, 5.41) is 2.27. The number of aromatic nitrogens is 1. The molecule has 0 aliphatic carbocycles. The summed E-state index contributed by atoms with van der Waals surface area (Å²) in [6.45, 7) is 1.99. The van der Waals surface area contributed by atoms with Gasteiger partial charge in [-0.05, 0) is 37.3 Å². The van der Waals surface area contributed by atoms with Crippen molar-refractivity contribution in [3.63, 3.8) is 0 Å². The molecule has 5 heteroatoms. The summed E-state index contributed by atoms with van der Waals surface area (Å²) < 4.78 is 6.58. The quantitative estimate of drug-likeness (QED) is 0.613. The predicted octanol–water partition coefficient (Wildman–Crippen LogP) is 5.59. The average Bonchev–Trinajstić information content (AvgIpc) is 2.80. The first-order chi connectivity index (χ1) is 9.60. The molecule has 1 heterocycles. The average molecular weight is 324 g/mol. The van der Waals surface area contributed by atoms with Gasteiger partial charge in [0, 0.05) is 15.6 Å². The van der Waals surface area contributed by atoms with Crippen molar-refractivity contribution < 1.29 is 4.74 Å². The fraction of sp³-hybridized carbons (Fsp3) is 0.133. The van der Waals surface area contributed by atoms with Crippen molar-refractivity contribution in [1.29, 1.82) is 0 Å². The van der Waals surface area contributed by atoms with Gasteiger partial charge in [-0.25, -0.2) is 4.98 Å². The second-order valence-corrected chi connectivity index (χ2v) is 6.43. The first kappa shape index (κ1) is 13.7.